The zero-order valence-electron chi connectivity index (χ0n) is 14.6. The van der Waals surface area contributed by atoms with Gasteiger partial charge in [-0.15, -0.1) is 0 Å². The molecule has 1 aliphatic rings. The highest BCUT2D eigenvalue weighted by molar-refractivity contribution is 9.10. The molecule has 126 valence electrons. The van der Waals surface area contributed by atoms with E-state index in [2.05, 4.69) is 54.2 Å². The van der Waals surface area contributed by atoms with Gasteiger partial charge < -0.3 is 10.2 Å². The summed E-state index contributed by atoms with van der Waals surface area (Å²) in [5.74, 6) is 0.0736. The van der Waals surface area contributed by atoms with E-state index in [0.717, 1.165) is 33.4 Å². The molecule has 0 radical (unpaired) electrons. The third-order valence-electron chi connectivity index (χ3n) is 4.82. The number of hydrogen-bond donors (Lipinski definition) is 1. The van der Waals surface area contributed by atoms with Crippen molar-refractivity contribution in [2.75, 3.05) is 16.8 Å². The van der Waals surface area contributed by atoms with Gasteiger partial charge in [0.2, 0.25) is 0 Å². The Bertz CT molecular complexity index is 800. The third kappa shape index (κ3) is 3.07. The van der Waals surface area contributed by atoms with Gasteiger partial charge in [0.15, 0.2) is 0 Å². The van der Waals surface area contributed by atoms with E-state index in [1.807, 2.05) is 30.0 Å². The fraction of sp³-hybridized carbons (Fsp3) is 0.350. The van der Waals surface area contributed by atoms with Crippen LogP contribution in [0.4, 0.5) is 11.4 Å². The van der Waals surface area contributed by atoms with E-state index < -0.39 is 0 Å². The van der Waals surface area contributed by atoms with Gasteiger partial charge >= 0.3 is 0 Å². The van der Waals surface area contributed by atoms with Crippen molar-refractivity contribution in [2.45, 2.75) is 40.2 Å². The maximum atomic E-state index is 13.2. The molecule has 0 fully saturated rings. The zero-order valence-corrected chi connectivity index (χ0v) is 16.2. The van der Waals surface area contributed by atoms with Gasteiger partial charge in [-0.25, -0.2) is 0 Å². The number of carbonyl (C=O) groups excluding carboxylic acids is 1. The molecule has 0 bridgehead atoms. The zero-order chi connectivity index (χ0) is 17.4. The second kappa shape index (κ2) is 6.60. The van der Waals surface area contributed by atoms with Crippen molar-refractivity contribution in [2.24, 2.45) is 0 Å². The lowest BCUT2D eigenvalue weighted by atomic mass is 10.0. The fourth-order valence-electron chi connectivity index (χ4n) is 3.16. The first-order valence-electron chi connectivity index (χ1n) is 8.36. The third-order valence-corrected chi connectivity index (χ3v) is 5.32. The lowest BCUT2D eigenvalue weighted by molar-refractivity contribution is 0.0984. The Balaban J connectivity index is 2.06. The van der Waals surface area contributed by atoms with Gasteiger partial charge in [0.1, 0.15) is 0 Å². The normalized spacial score (nSPS) is 16.5. The molecule has 0 saturated heterocycles. The number of rotatable bonds is 2. The van der Waals surface area contributed by atoms with Crippen molar-refractivity contribution in [3.8, 4) is 0 Å². The second-order valence-electron chi connectivity index (χ2n) is 6.58. The number of benzene rings is 2. The summed E-state index contributed by atoms with van der Waals surface area (Å²) < 4.78 is 0.996. The molecule has 4 heteroatoms. The largest absolute Gasteiger partial charge is 0.379 e. The molecule has 3 nitrogen and oxygen atoms in total. The van der Waals surface area contributed by atoms with Crippen LogP contribution in [-0.4, -0.2) is 18.5 Å². The molecule has 0 spiro atoms. The molecule has 2 aromatic carbocycles. The van der Waals surface area contributed by atoms with Gasteiger partial charge in [0, 0.05) is 22.6 Å². The topological polar surface area (TPSA) is 32.3 Å². The average Bonchev–Trinajstić information content (AvgIpc) is 2.54. The molecule has 2 aromatic rings. The SMILES string of the molecule is CCC1CN(C(=O)c2ccc(Br)cc2C)c2cc(C)c(C)cc2N1. The van der Waals surface area contributed by atoms with E-state index in [9.17, 15) is 4.79 Å². The first-order chi connectivity index (χ1) is 11.4. The minimum Gasteiger partial charge on any atom is -0.379 e. The lowest BCUT2D eigenvalue weighted by Crippen LogP contribution is -2.44. The summed E-state index contributed by atoms with van der Waals surface area (Å²) in [5.41, 5.74) is 6.24. The van der Waals surface area contributed by atoms with Gasteiger partial charge in [-0.05, 0) is 74.2 Å². The van der Waals surface area contributed by atoms with Crippen molar-refractivity contribution >= 4 is 33.2 Å². The van der Waals surface area contributed by atoms with Crippen LogP contribution >= 0.6 is 15.9 Å². The van der Waals surface area contributed by atoms with Crippen molar-refractivity contribution in [3.05, 3.63) is 57.1 Å². The molecule has 0 aromatic heterocycles. The molecular weight excluding hydrogens is 364 g/mol. The standard InChI is InChI=1S/C20H23BrN2O/c1-5-16-11-23(19-10-13(3)12(2)9-18(19)22-16)20(24)17-7-6-15(21)8-14(17)4/h6-10,16,22H,5,11H2,1-4H3. The highest BCUT2D eigenvalue weighted by atomic mass is 79.9. The van der Waals surface area contributed by atoms with Gasteiger partial charge in [-0.3, -0.25) is 4.79 Å². The van der Waals surface area contributed by atoms with E-state index in [-0.39, 0.29) is 11.9 Å². The summed E-state index contributed by atoms with van der Waals surface area (Å²) in [6, 6.07) is 10.4. The summed E-state index contributed by atoms with van der Waals surface area (Å²) in [6.45, 7) is 9.03. The second-order valence-corrected chi connectivity index (χ2v) is 7.49. The van der Waals surface area contributed by atoms with Crippen LogP contribution in [0.3, 0.4) is 0 Å². The number of nitrogens with zero attached hydrogens (tertiary/aromatic N) is 1. The molecule has 3 rings (SSSR count). The molecule has 0 aliphatic carbocycles. The highest BCUT2D eigenvalue weighted by Crippen LogP contribution is 2.35. The molecule has 1 atom stereocenters. The molecular formula is C20H23BrN2O. The minimum atomic E-state index is 0.0736. The summed E-state index contributed by atoms with van der Waals surface area (Å²) in [7, 11) is 0. The van der Waals surface area contributed by atoms with Crippen LogP contribution in [-0.2, 0) is 0 Å². The summed E-state index contributed by atoms with van der Waals surface area (Å²) in [4.78, 5) is 15.2. The first kappa shape index (κ1) is 17.0. The summed E-state index contributed by atoms with van der Waals surface area (Å²) in [6.07, 6.45) is 0.982. The molecule has 1 heterocycles. The van der Waals surface area contributed by atoms with Crippen LogP contribution in [0.5, 0.6) is 0 Å². The average molecular weight is 387 g/mol. The van der Waals surface area contributed by atoms with E-state index in [1.54, 1.807) is 0 Å². The number of nitrogens with one attached hydrogen (secondary N) is 1. The monoisotopic (exact) mass is 386 g/mol. The number of anilines is 2. The fourth-order valence-corrected chi connectivity index (χ4v) is 3.64. The van der Waals surface area contributed by atoms with E-state index in [4.69, 9.17) is 0 Å². The van der Waals surface area contributed by atoms with E-state index >= 15 is 0 Å². The lowest BCUT2D eigenvalue weighted by Gasteiger charge is -2.36. The molecule has 24 heavy (non-hydrogen) atoms. The number of fused-ring (bicyclic) bond motifs is 1. The van der Waals surface area contributed by atoms with Gasteiger partial charge in [0.25, 0.3) is 5.91 Å². The highest BCUT2D eigenvalue weighted by Gasteiger charge is 2.29. The molecule has 1 amide bonds. The van der Waals surface area contributed by atoms with Gasteiger partial charge in [0.05, 0.1) is 11.4 Å². The Hall–Kier alpha value is -1.81. The first-order valence-corrected chi connectivity index (χ1v) is 9.15. The van der Waals surface area contributed by atoms with Gasteiger partial charge in [-0.1, -0.05) is 22.9 Å². The van der Waals surface area contributed by atoms with Crippen LogP contribution in [0.15, 0.2) is 34.8 Å². The number of aryl methyl sites for hydroxylation is 3. The minimum absolute atomic E-state index is 0.0736. The molecule has 1 unspecified atom stereocenters. The van der Waals surface area contributed by atoms with Crippen molar-refractivity contribution in [1.29, 1.82) is 0 Å². The Morgan fingerprint density at radius 2 is 1.88 bits per heavy atom. The van der Waals surface area contributed by atoms with Crippen LogP contribution in [0, 0.1) is 20.8 Å². The number of hydrogen-bond acceptors (Lipinski definition) is 2. The van der Waals surface area contributed by atoms with E-state index in [0.29, 0.717) is 6.54 Å². The number of halogens is 1. The molecule has 1 N–H and O–H groups in total. The van der Waals surface area contributed by atoms with Crippen LogP contribution in [0.2, 0.25) is 0 Å². The van der Waals surface area contributed by atoms with Crippen molar-refractivity contribution in [3.63, 3.8) is 0 Å². The van der Waals surface area contributed by atoms with Crippen molar-refractivity contribution < 1.29 is 4.79 Å². The number of carbonyl (C=O) groups is 1. The predicted molar refractivity (Wildman–Crippen MR) is 104 cm³/mol. The summed E-state index contributed by atoms with van der Waals surface area (Å²) in [5, 5.41) is 3.57. The smallest absolute Gasteiger partial charge is 0.258 e. The molecule has 1 aliphatic heterocycles. The Kier molecular flexibility index (Phi) is 4.68. The maximum absolute atomic E-state index is 13.2. The van der Waals surface area contributed by atoms with Crippen molar-refractivity contribution in [1.82, 2.24) is 0 Å². The Morgan fingerprint density at radius 3 is 2.54 bits per heavy atom. The van der Waals surface area contributed by atoms with Crippen LogP contribution in [0.1, 0.15) is 40.4 Å². The Labute approximate surface area is 152 Å². The predicted octanol–water partition coefficient (Wildman–Crippen LogP) is 5.23. The quantitative estimate of drug-likeness (QED) is 0.766. The van der Waals surface area contributed by atoms with Crippen LogP contribution < -0.4 is 10.2 Å². The van der Waals surface area contributed by atoms with Crippen LogP contribution in [0.25, 0.3) is 0 Å². The van der Waals surface area contributed by atoms with E-state index in [1.165, 1.54) is 11.1 Å². The summed E-state index contributed by atoms with van der Waals surface area (Å²) >= 11 is 3.47. The Morgan fingerprint density at radius 1 is 1.17 bits per heavy atom. The van der Waals surface area contributed by atoms with Gasteiger partial charge in [-0.2, -0.15) is 0 Å². The molecule has 0 saturated carbocycles. The maximum Gasteiger partial charge on any atom is 0.258 e. The number of amides is 1.